The summed E-state index contributed by atoms with van der Waals surface area (Å²) in [5, 5.41) is 4.24. The van der Waals surface area contributed by atoms with Crippen molar-refractivity contribution in [3.63, 3.8) is 0 Å². The Morgan fingerprint density at radius 2 is 2.06 bits per heavy atom. The number of methoxy groups -OCH3 is 1. The Hall–Kier alpha value is -0.550. The predicted molar refractivity (Wildman–Crippen MR) is 74.7 cm³/mol. The van der Waals surface area contributed by atoms with E-state index in [1.54, 1.807) is 19.4 Å². The molecule has 1 rings (SSSR count). The number of unbranched alkanes of at least 4 members (excludes halogenated alkanes) is 1. The van der Waals surface area contributed by atoms with Crippen LogP contribution in [0.5, 0.6) is 0 Å². The molecule has 0 unspecified atom stereocenters. The van der Waals surface area contributed by atoms with E-state index in [4.69, 9.17) is 32.7 Å². The lowest BCUT2D eigenvalue weighted by molar-refractivity contribution is 0.0691. The number of pyridine rings is 1. The molecule has 1 N–H and O–H groups in total. The lowest BCUT2D eigenvalue weighted by Crippen LogP contribution is -2.07. The second-order valence-electron chi connectivity index (χ2n) is 3.72. The number of halogens is 2. The molecule has 0 aliphatic carbocycles. The topological polar surface area (TPSA) is 43.4 Å². The molecular weight excluding hydrogens is 275 g/mol. The van der Waals surface area contributed by atoms with E-state index < -0.39 is 0 Å². The summed E-state index contributed by atoms with van der Waals surface area (Å²) in [6.45, 7) is 2.84. The van der Waals surface area contributed by atoms with Crippen molar-refractivity contribution in [1.29, 1.82) is 0 Å². The largest absolute Gasteiger partial charge is 0.382 e. The molecule has 0 saturated heterocycles. The highest BCUT2D eigenvalue weighted by Gasteiger charge is 2.01. The van der Waals surface area contributed by atoms with Gasteiger partial charge >= 0.3 is 0 Å². The zero-order valence-corrected chi connectivity index (χ0v) is 11.9. The minimum absolute atomic E-state index is 0.539. The van der Waals surface area contributed by atoms with Gasteiger partial charge in [0.15, 0.2) is 0 Å². The molecule has 4 nitrogen and oxygen atoms in total. The summed E-state index contributed by atoms with van der Waals surface area (Å²) < 4.78 is 10.2. The number of hydrogen-bond acceptors (Lipinski definition) is 4. The number of rotatable bonds is 9. The van der Waals surface area contributed by atoms with E-state index in [1.165, 1.54) is 0 Å². The summed E-state index contributed by atoms with van der Waals surface area (Å²) in [6, 6.07) is 1.67. The fourth-order valence-electron chi connectivity index (χ4n) is 1.32. The smallest absolute Gasteiger partial charge is 0.144 e. The van der Waals surface area contributed by atoms with Crippen LogP contribution in [0.4, 0.5) is 5.82 Å². The maximum absolute atomic E-state index is 5.98. The zero-order chi connectivity index (χ0) is 13.2. The molecule has 0 aliphatic heterocycles. The first-order valence-corrected chi connectivity index (χ1v) is 6.61. The first kappa shape index (κ1) is 15.5. The van der Waals surface area contributed by atoms with Crippen LogP contribution in [-0.4, -0.2) is 38.5 Å². The van der Waals surface area contributed by atoms with Crippen LogP contribution in [0.15, 0.2) is 12.3 Å². The molecule has 1 heterocycles. The van der Waals surface area contributed by atoms with Gasteiger partial charge in [0, 0.05) is 26.5 Å². The molecule has 0 bridgehead atoms. The van der Waals surface area contributed by atoms with Gasteiger partial charge in [-0.3, -0.25) is 0 Å². The molecule has 1 aromatic heterocycles. The Bertz CT molecular complexity index is 351. The van der Waals surface area contributed by atoms with Crippen LogP contribution >= 0.6 is 23.2 Å². The Morgan fingerprint density at radius 1 is 1.22 bits per heavy atom. The second-order valence-corrected chi connectivity index (χ2v) is 4.57. The molecule has 102 valence electrons. The number of ether oxygens (including phenoxy) is 2. The number of nitrogens with zero attached hydrogens (tertiary/aromatic N) is 1. The number of hydrogen-bond donors (Lipinski definition) is 1. The normalized spacial score (nSPS) is 10.6. The van der Waals surface area contributed by atoms with Gasteiger partial charge in [0.1, 0.15) is 5.82 Å². The van der Waals surface area contributed by atoms with Gasteiger partial charge in [-0.05, 0) is 18.9 Å². The molecule has 0 amide bonds. The van der Waals surface area contributed by atoms with Gasteiger partial charge in [0.05, 0.1) is 23.3 Å². The van der Waals surface area contributed by atoms with Crippen LogP contribution in [0.25, 0.3) is 0 Å². The van der Waals surface area contributed by atoms with Crippen molar-refractivity contribution in [2.75, 3.05) is 38.8 Å². The third kappa shape index (κ3) is 6.40. The summed E-state index contributed by atoms with van der Waals surface area (Å²) in [4.78, 5) is 4.11. The average Bonchev–Trinajstić information content (AvgIpc) is 2.35. The monoisotopic (exact) mass is 292 g/mol. The quantitative estimate of drug-likeness (QED) is 0.710. The summed E-state index contributed by atoms with van der Waals surface area (Å²) in [7, 11) is 1.66. The molecule has 0 aliphatic rings. The molecule has 0 atom stereocenters. The lowest BCUT2D eigenvalue weighted by Gasteiger charge is -2.07. The Kier molecular flexibility index (Phi) is 8.09. The number of anilines is 1. The van der Waals surface area contributed by atoms with Gasteiger partial charge in [-0.25, -0.2) is 4.98 Å². The third-order valence-corrected chi connectivity index (χ3v) is 2.74. The highest BCUT2D eigenvalue weighted by molar-refractivity contribution is 6.35. The molecular formula is C12H18Cl2N2O2. The summed E-state index contributed by atoms with van der Waals surface area (Å²) >= 11 is 11.7. The SMILES string of the molecule is COCCOCCCCNc1ncc(Cl)cc1Cl. The molecule has 18 heavy (non-hydrogen) atoms. The van der Waals surface area contributed by atoms with Crippen LogP contribution in [0.1, 0.15) is 12.8 Å². The van der Waals surface area contributed by atoms with Crippen molar-refractivity contribution in [2.24, 2.45) is 0 Å². The van der Waals surface area contributed by atoms with Gasteiger partial charge in [0.2, 0.25) is 0 Å². The van der Waals surface area contributed by atoms with E-state index in [2.05, 4.69) is 10.3 Å². The van der Waals surface area contributed by atoms with Gasteiger partial charge in [0.25, 0.3) is 0 Å². The van der Waals surface area contributed by atoms with E-state index in [0.717, 1.165) is 26.0 Å². The van der Waals surface area contributed by atoms with Crippen LogP contribution in [-0.2, 0) is 9.47 Å². The van der Waals surface area contributed by atoms with Gasteiger partial charge < -0.3 is 14.8 Å². The zero-order valence-electron chi connectivity index (χ0n) is 10.4. The molecule has 0 saturated carbocycles. The van der Waals surface area contributed by atoms with Crippen molar-refractivity contribution in [2.45, 2.75) is 12.8 Å². The fraction of sp³-hybridized carbons (Fsp3) is 0.583. The molecule has 1 aromatic rings. The third-order valence-electron chi connectivity index (χ3n) is 2.25. The minimum atomic E-state index is 0.539. The molecule has 0 radical (unpaired) electrons. The maximum atomic E-state index is 5.98. The summed E-state index contributed by atoms with van der Waals surface area (Å²) in [5.41, 5.74) is 0. The predicted octanol–water partition coefficient (Wildman–Crippen LogP) is 3.24. The van der Waals surface area contributed by atoms with Gasteiger partial charge in [-0.15, -0.1) is 0 Å². The van der Waals surface area contributed by atoms with Crippen molar-refractivity contribution < 1.29 is 9.47 Å². The number of nitrogens with one attached hydrogen (secondary N) is 1. The highest BCUT2D eigenvalue weighted by Crippen LogP contribution is 2.22. The Morgan fingerprint density at radius 3 is 2.78 bits per heavy atom. The van der Waals surface area contributed by atoms with Crippen molar-refractivity contribution in [3.05, 3.63) is 22.3 Å². The van der Waals surface area contributed by atoms with Crippen LogP contribution in [0.3, 0.4) is 0 Å². The second kappa shape index (κ2) is 9.39. The highest BCUT2D eigenvalue weighted by atomic mass is 35.5. The molecule has 0 fully saturated rings. The maximum Gasteiger partial charge on any atom is 0.144 e. The van der Waals surface area contributed by atoms with E-state index >= 15 is 0 Å². The van der Waals surface area contributed by atoms with E-state index in [0.29, 0.717) is 29.1 Å². The van der Waals surface area contributed by atoms with E-state index in [-0.39, 0.29) is 0 Å². The Labute approximate surface area is 118 Å². The Balaban J connectivity index is 2.07. The van der Waals surface area contributed by atoms with Crippen molar-refractivity contribution in [1.82, 2.24) is 4.98 Å². The standard InChI is InChI=1S/C12H18Cl2N2O2/c1-17-6-7-18-5-3-2-4-15-12-11(14)8-10(13)9-16-12/h8-9H,2-7H2,1H3,(H,15,16). The average molecular weight is 293 g/mol. The van der Waals surface area contributed by atoms with Crippen molar-refractivity contribution in [3.8, 4) is 0 Å². The lowest BCUT2D eigenvalue weighted by atomic mass is 10.3. The van der Waals surface area contributed by atoms with Gasteiger partial charge in [-0.2, -0.15) is 0 Å². The minimum Gasteiger partial charge on any atom is -0.382 e. The van der Waals surface area contributed by atoms with Crippen LogP contribution < -0.4 is 5.32 Å². The van der Waals surface area contributed by atoms with Crippen molar-refractivity contribution >= 4 is 29.0 Å². The molecule has 0 spiro atoms. The van der Waals surface area contributed by atoms with E-state index in [9.17, 15) is 0 Å². The molecule has 0 aromatic carbocycles. The first-order chi connectivity index (χ1) is 8.74. The summed E-state index contributed by atoms with van der Waals surface area (Å²) in [6.07, 6.45) is 3.55. The first-order valence-electron chi connectivity index (χ1n) is 5.85. The summed E-state index contributed by atoms with van der Waals surface area (Å²) in [5.74, 6) is 0.668. The van der Waals surface area contributed by atoms with E-state index in [1.807, 2.05) is 0 Å². The van der Waals surface area contributed by atoms with Crippen LogP contribution in [0.2, 0.25) is 10.0 Å². The number of aromatic nitrogens is 1. The molecule has 6 heteroatoms. The van der Waals surface area contributed by atoms with Gasteiger partial charge in [-0.1, -0.05) is 23.2 Å². The fourth-order valence-corrected chi connectivity index (χ4v) is 1.77. The van der Waals surface area contributed by atoms with Crippen LogP contribution in [0, 0.1) is 0 Å².